The molecule has 0 aliphatic heterocycles. The Bertz CT molecular complexity index is 400. The standard InChI is InChI=1S/C12H16N2O2/c13-10-6-2-5-9(11(10)15)12(16)14-7-8-3-1-4-8/h2,5-6,8,15H,1,3-4,7,13H2,(H,14,16). The van der Waals surface area contributed by atoms with Crippen LogP contribution in [0, 0.1) is 5.92 Å². The number of phenols is 1. The van der Waals surface area contributed by atoms with Gasteiger partial charge in [0, 0.05) is 6.54 Å². The second-order valence-electron chi connectivity index (χ2n) is 4.25. The van der Waals surface area contributed by atoms with Gasteiger partial charge in [0.1, 0.15) is 0 Å². The maximum Gasteiger partial charge on any atom is 0.255 e. The number of para-hydroxylation sites is 1. The molecule has 0 radical (unpaired) electrons. The molecule has 0 heterocycles. The van der Waals surface area contributed by atoms with Gasteiger partial charge in [-0.3, -0.25) is 4.79 Å². The smallest absolute Gasteiger partial charge is 0.255 e. The summed E-state index contributed by atoms with van der Waals surface area (Å²) in [5, 5.41) is 12.4. The summed E-state index contributed by atoms with van der Waals surface area (Å²) in [6, 6.07) is 4.80. The molecule has 1 aromatic rings. The van der Waals surface area contributed by atoms with E-state index in [4.69, 9.17) is 5.73 Å². The van der Waals surface area contributed by atoms with Crippen LogP contribution in [0.2, 0.25) is 0 Å². The Morgan fingerprint density at radius 3 is 2.88 bits per heavy atom. The summed E-state index contributed by atoms with van der Waals surface area (Å²) in [6.45, 7) is 0.688. The van der Waals surface area contributed by atoms with E-state index < -0.39 is 0 Å². The number of aromatic hydroxyl groups is 1. The predicted octanol–water partition coefficient (Wildman–Crippen LogP) is 1.50. The van der Waals surface area contributed by atoms with Gasteiger partial charge in [-0.2, -0.15) is 0 Å². The van der Waals surface area contributed by atoms with Crippen molar-refractivity contribution in [3.05, 3.63) is 23.8 Å². The molecule has 0 unspecified atom stereocenters. The van der Waals surface area contributed by atoms with Crippen molar-refractivity contribution in [2.24, 2.45) is 5.92 Å². The fraction of sp³-hybridized carbons (Fsp3) is 0.417. The second kappa shape index (κ2) is 4.43. The third kappa shape index (κ3) is 2.10. The van der Waals surface area contributed by atoms with Gasteiger partial charge in [0.2, 0.25) is 0 Å². The van der Waals surface area contributed by atoms with Crippen LogP contribution >= 0.6 is 0 Å². The molecule has 1 aliphatic carbocycles. The number of nitrogens with two attached hydrogens (primary N) is 1. The lowest BCUT2D eigenvalue weighted by molar-refractivity contribution is 0.0936. The van der Waals surface area contributed by atoms with Gasteiger partial charge in [-0.1, -0.05) is 12.5 Å². The first kappa shape index (κ1) is 10.8. The maximum atomic E-state index is 11.7. The Balaban J connectivity index is 1.99. The van der Waals surface area contributed by atoms with Crippen molar-refractivity contribution in [1.29, 1.82) is 0 Å². The number of hydrogen-bond donors (Lipinski definition) is 3. The lowest BCUT2D eigenvalue weighted by Crippen LogP contribution is -2.32. The first-order valence-corrected chi connectivity index (χ1v) is 5.54. The molecule has 4 N–H and O–H groups in total. The summed E-state index contributed by atoms with van der Waals surface area (Å²) < 4.78 is 0. The number of nitrogen functional groups attached to an aromatic ring is 1. The van der Waals surface area contributed by atoms with Gasteiger partial charge in [0.15, 0.2) is 5.75 Å². The van der Waals surface area contributed by atoms with Crippen LogP contribution < -0.4 is 11.1 Å². The molecule has 0 bridgehead atoms. The van der Waals surface area contributed by atoms with Crippen LogP contribution in [0.15, 0.2) is 18.2 Å². The van der Waals surface area contributed by atoms with Gasteiger partial charge < -0.3 is 16.2 Å². The van der Waals surface area contributed by atoms with E-state index in [1.165, 1.54) is 19.3 Å². The van der Waals surface area contributed by atoms with Gasteiger partial charge in [0.25, 0.3) is 5.91 Å². The average molecular weight is 220 g/mol. The first-order valence-electron chi connectivity index (χ1n) is 5.54. The average Bonchev–Trinajstić information content (AvgIpc) is 2.19. The summed E-state index contributed by atoms with van der Waals surface area (Å²) in [4.78, 5) is 11.7. The second-order valence-corrected chi connectivity index (χ2v) is 4.25. The monoisotopic (exact) mass is 220 g/mol. The molecule has 0 atom stereocenters. The molecule has 0 spiro atoms. The maximum absolute atomic E-state index is 11.7. The number of nitrogens with one attached hydrogen (secondary N) is 1. The highest BCUT2D eigenvalue weighted by Crippen LogP contribution is 2.26. The Hall–Kier alpha value is -1.71. The molecule has 1 fully saturated rings. The highest BCUT2D eigenvalue weighted by molar-refractivity contribution is 5.98. The highest BCUT2D eigenvalue weighted by Gasteiger charge is 2.19. The molecular formula is C12H16N2O2. The molecule has 86 valence electrons. The normalized spacial score (nSPS) is 15.5. The number of phenolic OH excluding ortho intramolecular Hbond substituents is 1. The van der Waals surface area contributed by atoms with E-state index in [0.717, 1.165) is 0 Å². The molecule has 0 saturated heterocycles. The Morgan fingerprint density at radius 2 is 2.25 bits per heavy atom. The van der Waals surface area contributed by atoms with E-state index >= 15 is 0 Å². The number of benzene rings is 1. The van der Waals surface area contributed by atoms with Crippen molar-refractivity contribution in [1.82, 2.24) is 5.32 Å². The van der Waals surface area contributed by atoms with Crippen LogP contribution in [0.1, 0.15) is 29.6 Å². The minimum atomic E-state index is -0.253. The van der Waals surface area contributed by atoms with Crippen LogP contribution in [-0.2, 0) is 0 Å². The Morgan fingerprint density at radius 1 is 1.50 bits per heavy atom. The summed E-state index contributed by atoms with van der Waals surface area (Å²) in [5.74, 6) is 0.220. The van der Waals surface area contributed by atoms with Crippen molar-refractivity contribution >= 4 is 11.6 Å². The molecular weight excluding hydrogens is 204 g/mol. The number of rotatable bonds is 3. The van der Waals surface area contributed by atoms with E-state index in [2.05, 4.69) is 5.32 Å². The third-order valence-corrected chi connectivity index (χ3v) is 3.09. The summed E-state index contributed by atoms with van der Waals surface area (Å²) in [7, 11) is 0. The summed E-state index contributed by atoms with van der Waals surface area (Å²) >= 11 is 0. The Labute approximate surface area is 94.5 Å². The zero-order chi connectivity index (χ0) is 11.5. The topological polar surface area (TPSA) is 75.4 Å². The fourth-order valence-corrected chi connectivity index (χ4v) is 1.77. The van der Waals surface area contributed by atoms with Crippen molar-refractivity contribution in [2.75, 3.05) is 12.3 Å². The molecule has 0 aromatic heterocycles. The molecule has 2 rings (SSSR count). The molecule has 16 heavy (non-hydrogen) atoms. The molecule has 1 aliphatic rings. The van der Waals surface area contributed by atoms with Crippen LogP contribution in [0.4, 0.5) is 5.69 Å². The van der Waals surface area contributed by atoms with Crippen LogP contribution in [0.25, 0.3) is 0 Å². The van der Waals surface area contributed by atoms with Crippen LogP contribution in [0.5, 0.6) is 5.75 Å². The number of carbonyl (C=O) groups excluding carboxylic acids is 1. The van der Waals surface area contributed by atoms with Crippen molar-refractivity contribution in [3.8, 4) is 5.75 Å². The van der Waals surface area contributed by atoms with Crippen molar-refractivity contribution in [3.63, 3.8) is 0 Å². The van der Waals surface area contributed by atoms with E-state index in [1.807, 2.05) is 0 Å². The number of carbonyl (C=O) groups is 1. The van der Waals surface area contributed by atoms with Gasteiger partial charge >= 0.3 is 0 Å². The SMILES string of the molecule is Nc1cccc(C(=O)NCC2CCC2)c1O. The summed E-state index contributed by atoms with van der Waals surface area (Å²) in [5.41, 5.74) is 6.00. The van der Waals surface area contributed by atoms with E-state index in [1.54, 1.807) is 18.2 Å². The predicted molar refractivity (Wildman–Crippen MR) is 62.2 cm³/mol. The van der Waals surface area contributed by atoms with Gasteiger partial charge in [0.05, 0.1) is 11.3 Å². The van der Waals surface area contributed by atoms with Crippen LogP contribution in [0.3, 0.4) is 0 Å². The molecule has 4 heteroatoms. The first-order chi connectivity index (χ1) is 7.68. The molecule has 1 amide bonds. The quantitative estimate of drug-likeness (QED) is 0.534. The van der Waals surface area contributed by atoms with E-state index in [-0.39, 0.29) is 22.9 Å². The van der Waals surface area contributed by atoms with E-state index in [0.29, 0.717) is 12.5 Å². The van der Waals surface area contributed by atoms with Gasteiger partial charge in [-0.05, 0) is 30.9 Å². The molecule has 1 aromatic carbocycles. The minimum absolute atomic E-state index is 0.131. The highest BCUT2D eigenvalue weighted by atomic mass is 16.3. The van der Waals surface area contributed by atoms with E-state index in [9.17, 15) is 9.90 Å². The lowest BCUT2D eigenvalue weighted by Gasteiger charge is -2.25. The van der Waals surface area contributed by atoms with Crippen LogP contribution in [-0.4, -0.2) is 17.6 Å². The molecule has 1 saturated carbocycles. The molecule has 4 nitrogen and oxygen atoms in total. The zero-order valence-electron chi connectivity index (χ0n) is 9.07. The summed E-state index contributed by atoms with van der Waals surface area (Å²) in [6.07, 6.45) is 3.62. The fourth-order valence-electron chi connectivity index (χ4n) is 1.77. The number of hydrogen-bond acceptors (Lipinski definition) is 3. The van der Waals surface area contributed by atoms with Gasteiger partial charge in [-0.15, -0.1) is 0 Å². The largest absolute Gasteiger partial charge is 0.505 e. The number of amides is 1. The number of anilines is 1. The lowest BCUT2D eigenvalue weighted by atomic mass is 9.85. The van der Waals surface area contributed by atoms with Crippen molar-refractivity contribution in [2.45, 2.75) is 19.3 Å². The Kier molecular flexibility index (Phi) is 2.99. The van der Waals surface area contributed by atoms with Gasteiger partial charge in [-0.25, -0.2) is 0 Å². The third-order valence-electron chi connectivity index (χ3n) is 3.09. The zero-order valence-corrected chi connectivity index (χ0v) is 9.07. The minimum Gasteiger partial charge on any atom is -0.505 e. The van der Waals surface area contributed by atoms with Crippen molar-refractivity contribution < 1.29 is 9.90 Å².